The van der Waals surface area contributed by atoms with Crippen molar-refractivity contribution < 1.29 is 12.8 Å². The van der Waals surface area contributed by atoms with Crippen LogP contribution in [0, 0.1) is 0 Å². The Labute approximate surface area is 101 Å². The third kappa shape index (κ3) is 2.69. The number of nitrogens with two attached hydrogens (primary N) is 1. The van der Waals surface area contributed by atoms with Crippen LogP contribution in [0.4, 0.5) is 0 Å². The molecule has 1 aromatic heterocycles. The molecule has 5 nitrogen and oxygen atoms in total. The maximum Gasteiger partial charge on any atom is 0.201 e. The summed E-state index contributed by atoms with van der Waals surface area (Å²) in [6.45, 7) is 2.51. The van der Waals surface area contributed by atoms with Crippen LogP contribution < -0.4 is 5.73 Å². The summed E-state index contributed by atoms with van der Waals surface area (Å²) in [5.74, 6) is 1.70. The zero-order chi connectivity index (χ0) is 12.5. The Hall–Kier alpha value is -0.880. The van der Waals surface area contributed by atoms with Crippen molar-refractivity contribution in [2.24, 2.45) is 5.73 Å². The SMILES string of the molecule is CC1(c2ncc(CCCN)o2)CCS(=O)(=O)C1. The fourth-order valence-electron chi connectivity index (χ4n) is 2.16. The molecular formula is C11H18N2O3S. The van der Waals surface area contributed by atoms with Crippen molar-refractivity contribution in [3.8, 4) is 0 Å². The summed E-state index contributed by atoms with van der Waals surface area (Å²) in [6, 6.07) is 0. The van der Waals surface area contributed by atoms with Gasteiger partial charge in [-0.05, 0) is 26.3 Å². The number of aromatic nitrogens is 1. The molecule has 1 atom stereocenters. The van der Waals surface area contributed by atoms with Crippen LogP contribution in [0.2, 0.25) is 0 Å². The number of rotatable bonds is 4. The maximum absolute atomic E-state index is 11.5. The summed E-state index contributed by atoms with van der Waals surface area (Å²) in [7, 11) is -2.93. The van der Waals surface area contributed by atoms with Gasteiger partial charge in [0.15, 0.2) is 9.84 Å². The molecule has 0 saturated carbocycles. The Bertz CT molecular complexity index is 495. The van der Waals surface area contributed by atoms with Crippen LogP contribution in [0.1, 0.15) is 31.4 Å². The second-order valence-electron chi connectivity index (χ2n) is 4.93. The summed E-state index contributed by atoms with van der Waals surface area (Å²) >= 11 is 0. The number of oxazole rings is 1. The third-order valence-electron chi connectivity index (χ3n) is 3.20. The standard InChI is InChI=1S/C11H18N2O3S/c1-11(4-6-17(14,15)8-11)10-13-7-9(16-10)3-2-5-12/h7H,2-6,8,12H2,1H3. The molecule has 17 heavy (non-hydrogen) atoms. The van der Waals surface area contributed by atoms with Gasteiger partial charge in [-0.1, -0.05) is 0 Å². The molecule has 0 bridgehead atoms. The van der Waals surface area contributed by atoms with Gasteiger partial charge in [0.2, 0.25) is 5.89 Å². The zero-order valence-electron chi connectivity index (χ0n) is 9.98. The summed E-state index contributed by atoms with van der Waals surface area (Å²) < 4.78 is 28.7. The van der Waals surface area contributed by atoms with Crippen molar-refractivity contribution in [3.63, 3.8) is 0 Å². The van der Waals surface area contributed by atoms with E-state index in [1.165, 1.54) is 0 Å². The van der Waals surface area contributed by atoms with Gasteiger partial charge in [-0.2, -0.15) is 0 Å². The molecule has 1 aliphatic heterocycles. The lowest BCUT2D eigenvalue weighted by Gasteiger charge is -2.16. The Morgan fingerprint density at radius 2 is 2.35 bits per heavy atom. The van der Waals surface area contributed by atoms with Crippen LogP contribution in [-0.4, -0.2) is 31.5 Å². The predicted molar refractivity (Wildman–Crippen MR) is 64.5 cm³/mol. The minimum Gasteiger partial charge on any atom is -0.445 e. The van der Waals surface area contributed by atoms with Crippen molar-refractivity contribution in [3.05, 3.63) is 17.8 Å². The Morgan fingerprint density at radius 1 is 1.59 bits per heavy atom. The molecule has 1 unspecified atom stereocenters. The van der Waals surface area contributed by atoms with Crippen LogP contribution >= 0.6 is 0 Å². The molecule has 0 spiro atoms. The van der Waals surface area contributed by atoms with E-state index in [1.807, 2.05) is 6.92 Å². The van der Waals surface area contributed by atoms with E-state index in [4.69, 9.17) is 10.2 Å². The largest absolute Gasteiger partial charge is 0.445 e. The number of aryl methyl sites for hydroxylation is 1. The number of sulfone groups is 1. The van der Waals surface area contributed by atoms with E-state index < -0.39 is 15.3 Å². The van der Waals surface area contributed by atoms with Crippen LogP contribution in [0.3, 0.4) is 0 Å². The molecule has 0 aromatic carbocycles. The van der Waals surface area contributed by atoms with E-state index in [1.54, 1.807) is 6.20 Å². The van der Waals surface area contributed by atoms with E-state index in [9.17, 15) is 8.42 Å². The van der Waals surface area contributed by atoms with E-state index in [0.717, 1.165) is 18.6 Å². The smallest absolute Gasteiger partial charge is 0.201 e. The molecule has 1 aliphatic rings. The van der Waals surface area contributed by atoms with Gasteiger partial charge in [0.25, 0.3) is 0 Å². The van der Waals surface area contributed by atoms with Gasteiger partial charge in [-0.15, -0.1) is 0 Å². The first kappa shape index (κ1) is 12.6. The van der Waals surface area contributed by atoms with E-state index in [0.29, 0.717) is 18.9 Å². The topological polar surface area (TPSA) is 86.2 Å². The Kier molecular flexibility index (Phi) is 3.27. The van der Waals surface area contributed by atoms with Gasteiger partial charge in [0, 0.05) is 6.42 Å². The maximum atomic E-state index is 11.5. The summed E-state index contributed by atoms with van der Waals surface area (Å²) in [5.41, 5.74) is 4.97. The minimum absolute atomic E-state index is 0.136. The molecule has 6 heteroatoms. The molecule has 1 fully saturated rings. The van der Waals surface area contributed by atoms with Crippen LogP contribution in [0.15, 0.2) is 10.6 Å². The minimum atomic E-state index is -2.93. The Balaban J connectivity index is 2.15. The van der Waals surface area contributed by atoms with Crippen molar-refractivity contribution in [2.75, 3.05) is 18.1 Å². The molecular weight excluding hydrogens is 240 g/mol. The van der Waals surface area contributed by atoms with Gasteiger partial charge in [-0.25, -0.2) is 13.4 Å². The van der Waals surface area contributed by atoms with Gasteiger partial charge in [-0.3, -0.25) is 0 Å². The molecule has 1 aromatic rings. The molecule has 1 saturated heterocycles. The van der Waals surface area contributed by atoms with Crippen LogP contribution in [-0.2, 0) is 21.7 Å². The monoisotopic (exact) mass is 258 g/mol. The number of nitrogens with zero attached hydrogens (tertiary/aromatic N) is 1. The lowest BCUT2D eigenvalue weighted by Crippen LogP contribution is -2.23. The van der Waals surface area contributed by atoms with E-state index in [-0.39, 0.29) is 11.5 Å². The second-order valence-corrected chi connectivity index (χ2v) is 7.11. The third-order valence-corrected chi connectivity index (χ3v) is 5.10. The Morgan fingerprint density at radius 3 is 2.94 bits per heavy atom. The highest BCUT2D eigenvalue weighted by atomic mass is 32.2. The molecule has 0 aliphatic carbocycles. The molecule has 0 amide bonds. The molecule has 0 radical (unpaired) electrons. The highest BCUT2D eigenvalue weighted by Gasteiger charge is 2.43. The van der Waals surface area contributed by atoms with E-state index >= 15 is 0 Å². The fraction of sp³-hybridized carbons (Fsp3) is 0.727. The fourth-order valence-corrected chi connectivity index (χ4v) is 4.30. The van der Waals surface area contributed by atoms with Crippen LogP contribution in [0.25, 0.3) is 0 Å². The second kappa shape index (κ2) is 4.42. The zero-order valence-corrected chi connectivity index (χ0v) is 10.8. The van der Waals surface area contributed by atoms with Gasteiger partial charge < -0.3 is 10.2 Å². The van der Waals surface area contributed by atoms with Gasteiger partial charge in [0.05, 0.1) is 23.1 Å². The first-order valence-corrected chi connectivity index (χ1v) is 7.63. The first-order chi connectivity index (χ1) is 7.95. The average Bonchev–Trinajstić information content (AvgIpc) is 2.81. The van der Waals surface area contributed by atoms with Crippen molar-refractivity contribution in [1.29, 1.82) is 0 Å². The highest BCUT2D eigenvalue weighted by Crippen LogP contribution is 2.35. The summed E-state index contributed by atoms with van der Waals surface area (Å²) in [6.07, 6.45) is 3.88. The number of hydrogen-bond acceptors (Lipinski definition) is 5. The van der Waals surface area contributed by atoms with Crippen molar-refractivity contribution in [2.45, 2.75) is 31.6 Å². The molecule has 96 valence electrons. The van der Waals surface area contributed by atoms with E-state index in [2.05, 4.69) is 4.98 Å². The molecule has 2 rings (SSSR count). The lowest BCUT2D eigenvalue weighted by atomic mass is 9.90. The van der Waals surface area contributed by atoms with Gasteiger partial charge in [0.1, 0.15) is 5.76 Å². The predicted octanol–water partition coefficient (Wildman–Crippen LogP) is 0.642. The highest BCUT2D eigenvalue weighted by molar-refractivity contribution is 7.91. The van der Waals surface area contributed by atoms with Gasteiger partial charge >= 0.3 is 0 Å². The quantitative estimate of drug-likeness (QED) is 0.856. The van der Waals surface area contributed by atoms with Crippen LogP contribution in [0.5, 0.6) is 0 Å². The molecule has 2 N–H and O–H groups in total. The van der Waals surface area contributed by atoms with Crippen molar-refractivity contribution in [1.82, 2.24) is 4.98 Å². The van der Waals surface area contributed by atoms with Crippen molar-refractivity contribution >= 4 is 9.84 Å². The first-order valence-electron chi connectivity index (χ1n) is 5.81. The summed E-state index contributed by atoms with van der Waals surface area (Å²) in [5, 5.41) is 0. The number of hydrogen-bond donors (Lipinski definition) is 1. The molecule has 2 heterocycles. The normalized spacial score (nSPS) is 27.4. The summed E-state index contributed by atoms with van der Waals surface area (Å²) in [4.78, 5) is 4.22. The lowest BCUT2D eigenvalue weighted by molar-refractivity contribution is 0.356. The average molecular weight is 258 g/mol.